The van der Waals surface area contributed by atoms with Gasteiger partial charge in [-0.2, -0.15) is 0 Å². The highest BCUT2D eigenvalue weighted by Crippen LogP contribution is 2.21. The zero-order valence-corrected chi connectivity index (χ0v) is 12.4. The van der Waals surface area contributed by atoms with Gasteiger partial charge in [0, 0.05) is 21.3 Å². The predicted molar refractivity (Wildman–Crippen MR) is 79.8 cm³/mol. The van der Waals surface area contributed by atoms with Gasteiger partial charge in [0.25, 0.3) is 0 Å². The van der Waals surface area contributed by atoms with E-state index in [0.29, 0.717) is 0 Å². The average Bonchev–Trinajstić information content (AvgIpc) is 2.49. The minimum absolute atomic E-state index is 1.13. The molecule has 0 aliphatic carbocycles. The van der Waals surface area contributed by atoms with Crippen molar-refractivity contribution in [3.63, 3.8) is 0 Å². The molecule has 0 radical (unpaired) electrons. The quantitative estimate of drug-likeness (QED) is 0.783. The zero-order valence-electron chi connectivity index (χ0n) is 11.4. The summed E-state index contributed by atoms with van der Waals surface area (Å²) >= 11 is 0. The third-order valence-corrected chi connectivity index (χ3v) is 5.43. The maximum absolute atomic E-state index is 5.38. The molecule has 0 spiro atoms. The first-order chi connectivity index (χ1) is 9.24. The van der Waals surface area contributed by atoms with Crippen molar-refractivity contribution in [1.29, 1.82) is 0 Å². The molecule has 2 aromatic rings. The van der Waals surface area contributed by atoms with Crippen LogP contribution < -0.4 is 0 Å². The van der Waals surface area contributed by atoms with Crippen molar-refractivity contribution in [2.45, 2.75) is 0 Å². The zero-order chi connectivity index (χ0) is 13.7. The van der Waals surface area contributed by atoms with Gasteiger partial charge in [-0.15, -0.1) is 0 Å². The lowest BCUT2D eigenvalue weighted by molar-refractivity contribution is 0.139. The van der Waals surface area contributed by atoms with Crippen LogP contribution in [0.2, 0.25) is 0 Å². The molecule has 0 aliphatic heterocycles. The standard InChI is InChI=1S/C15H18O3Si/c1-16-19(17-2,18-3)12-11-14-9-6-8-13-7-4-5-10-15(13)14/h4-12H,1-3H3. The van der Waals surface area contributed by atoms with Crippen LogP contribution in [0.3, 0.4) is 0 Å². The van der Waals surface area contributed by atoms with Crippen LogP contribution in [0.1, 0.15) is 5.56 Å². The van der Waals surface area contributed by atoms with Gasteiger partial charge in [-0.05, 0) is 22.0 Å². The third-order valence-electron chi connectivity index (χ3n) is 3.14. The second-order valence-corrected chi connectivity index (χ2v) is 6.88. The van der Waals surface area contributed by atoms with E-state index < -0.39 is 8.80 Å². The number of hydrogen-bond donors (Lipinski definition) is 0. The fourth-order valence-corrected chi connectivity index (χ4v) is 3.33. The Kier molecular flexibility index (Phi) is 4.50. The molecule has 0 saturated heterocycles. The Morgan fingerprint density at radius 2 is 1.47 bits per heavy atom. The number of rotatable bonds is 5. The van der Waals surface area contributed by atoms with Gasteiger partial charge in [0.05, 0.1) is 0 Å². The van der Waals surface area contributed by atoms with E-state index >= 15 is 0 Å². The first kappa shape index (κ1) is 14.0. The minimum Gasteiger partial charge on any atom is -0.374 e. The Morgan fingerprint density at radius 1 is 0.842 bits per heavy atom. The van der Waals surface area contributed by atoms with E-state index in [1.165, 1.54) is 10.8 Å². The van der Waals surface area contributed by atoms with E-state index in [-0.39, 0.29) is 0 Å². The summed E-state index contributed by atoms with van der Waals surface area (Å²) in [4.78, 5) is 0. The minimum atomic E-state index is -2.67. The maximum atomic E-state index is 5.38. The topological polar surface area (TPSA) is 27.7 Å². The molecule has 0 saturated carbocycles. The highest BCUT2D eigenvalue weighted by molar-refractivity contribution is 6.66. The summed E-state index contributed by atoms with van der Waals surface area (Å²) in [5.74, 6) is 0. The summed E-state index contributed by atoms with van der Waals surface area (Å²) in [6, 6.07) is 14.5. The second-order valence-electron chi connectivity index (χ2n) is 4.12. The third kappa shape index (κ3) is 2.93. The average molecular weight is 274 g/mol. The molecule has 2 rings (SSSR count). The highest BCUT2D eigenvalue weighted by atomic mass is 28.4. The normalized spacial score (nSPS) is 12.4. The van der Waals surface area contributed by atoms with Crippen LogP contribution in [0, 0.1) is 0 Å². The van der Waals surface area contributed by atoms with Gasteiger partial charge >= 0.3 is 8.80 Å². The molecule has 0 unspecified atom stereocenters. The Morgan fingerprint density at radius 3 is 2.16 bits per heavy atom. The smallest absolute Gasteiger partial charge is 0.374 e. The Hall–Kier alpha value is -1.46. The molecule has 0 N–H and O–H groups in total. The highest BCUT2D eigenvalue weighted by Gasteiger charge is 2.34. The molecule has 0 bridgehead atoms. The molecule has 0 amide bonds. The molecule has 0 aliphatic rings. The van der Waals surface area contributed by atoms with Gasteiger partial charge in [0.15, 0.2) is 0 Å². The molecule has 4 heteroatoms. The molecular formula is C15H18O3Si. The molecule has 0 aromatic heterocycles. The van der Waals surface area contributed by atoms with Crippen molar-refractivity contribution >= 4 is 25.7 Å². The number of benzene rings is 2. The summed E-state index contributed by atoms with van der Waals surface area (Å²) in [6.45, 7) is 0. The molecule has 0 fully saturated rings. The maximum Gasteiger partial charge on any atom is 0.528 e. The summed E-state index contributed by atoms with van der Waals surface area (Å²) in [5.41, 5.74) is 3.02. The van der Waals surface area contributed by atoms with Crippen LogP contribution in [0.25, 0.3) is 16.8 Å². The monoisotopic (exact) mass is 274 g/mol. The largest absolute Gasteiger partial charge is 0.528 e. The van der Waals surface area contributed by atoms with E-state index in [1.54, 1.807) is 21.3 Å². The van der Waals surface area contributed by atoms with Crippen molar-refractivity contribution in [2.75, 3.05) is 21.3 Å². The molecule has 2 aromatic carbocycles. The summed E-state index contributed by atoms with van der Waals surface area (Å²) in [5, 5.41) is 2.41. The Balaban J connectivity index is 2.40. The van der Waals surface area contributed by atoms with Crippen molar-refractivity contribution in [1.82, 2.24) is 0 Å². The fraction of sp³-hybridized carbons (Fsp3) is 0.200. The van der Waals surface area contributed by atoms with Crippen LogP contribution in [0.5, 0.6) is 0 Å². The Labute approximate surface area is 114 Å². The van der Waals surface area contributed by atoms with Crippen molar-refractivity contribution in [3.05, 3.63) is 53.7 Å². The predicted octanol–water partition coefficient (Wildman–Crippen LogP) is 3.27. The molecule has 19 heavy (non-hydrogen) atoms. The van der Waals surface area contributed by atoms with E-state index in [9.17, 15) is 0 Å². The van der Waals surface area contributed by atoms with Crippen LogP contribution in [0.4, 0.5) is 0 Å². The van der Waals surface area contributed by atoms with E-state index in [2.05, 4.69) is 24.3 Å². The molecular weight excluding hydrogens is 256 g/mol. The number of fused-ring (bicyclic) bond motifs is 1. The summed E-state index contributed by atoms with van der Waals surface area (Å²) in [7, 11) is 2.14. The summed E-state index contributed by atoms with van der Waals surface area (Å²) in [6.07, 6.45) is 2.01. The Bertz CT molecular complexity index is 563. The molecule has 3 nitrogen and oxygen atoms in total. The molecule has 0 atom stereocenters. The van der Waals surface area contributed by atoms with Crippen molar-refractivity contribution < 1.29 is 13.3 Å². The van der Waals surface area contributed by atoms with E-state index in [1.807, 2.05) is 30.0 Å². The second kappa shape index (κ2) is 6.12. The first-order valence-corrected chi connectivity index (χ1v) is 7.87. The van der Waals surface area contributed by atoms with Crippen LogP contribution >= 0.6 is 0 Å². The first-order valence-electron chi connectivity index (χ1n) is 6.07. The van der Waals surface area contributed by atoms with Crippen LogP contribution in [0.15, 0.2) is 48.2 Å². The van der Waals surface area contributed by atoms with Crippen molar-refractivity contribution in [3.8, 4) is 0 Å². The fourth-order valence-electron chi connectivity index (χ4n) is 2.04. The molecule has 100 valence electrons. The van der Waals surface area contributed by atoms with E-state index in [4.69, 9.17) is 13.3 Å². The van der Waals surface area contributed by atoms with Gasteiger partial charge in [0.2, 0.25) is 0 Å². The van der Waals surface area contributed by atoms with Crippen molar-refractivity contribution in [2.24, 2.45) is 0 Å². The van der Waals surface area contributed by atoms with Gasteiger partial charge < -0.3 is 13.3 Å². The lowest BCUT2D eigenvalue weighted by atomic mass is 10.1. The molecule has 0 heterocycles. The van der Waals surface area contributed by atoms with Gasteiger partial charge in [-0.25, -0.2) is 0 Å². The lowest BCUT2D eigenvalue weighted by Gasteiger charge is -2.20. The lowest BCUT2D eigenvalue weighted by Crippen LogP contribution is -2.40. The van der Waals surface area contributed by atoms with Gasteiger partial charge in [-0.1, -0.05) is 48.5 Å². The van der Waals surface area contributed by atoms with Gasteiger partial charge in [0.1, 0.15) is 0 Å². The SMILES string of the molecule is CO[Si](C=Cc1cccc2ccccc12)(OC)OC. The van der Waals surface area contributed by atoms with Crippen LogP contribution in [-0.4, -0.2) is 30.1 Å². The van der Waals surface area contributed by atoms with Gasteiger partial charge in [-0.3, -0.25) is 0 Å². The summed E-state index contributed by atoms with van der Waals surface area (Å²) < 4.78 is 16.1. The van der Waals surface area contributed by atoms with E-state index in [0.717, 1.165) is 5.56 Å². The number of hydrogen-bond acceptors (Lipinski definition) is 3. The van der Waals surface area contributed by atoms with Crippen LogP contribution in [-0.2, 0) is 13.3 Å².